The van der Waals surface area contributed by atoms with Gasteiger partial charge in [0.2, 0.25) is 0 Å². The Labute approximate surface area is 158 Å². The molecule has 5 nitrogen and oxygen atoms in total. The van der Waals surface area contributed by atoms with Crippen molar-refractivity contribution in [1.29, 1.82) is 0 Å². The highest BCUT2D eigenvalue weighted by atomic mass is 79.9. The van der Waals surface area contributed by atoms with E-state index in [1.807, 2.05) is 12.1 Å². The lowest BCUT2D eigenvalue weighted by Gasteiger charge is -2.10. The second-order valence-corrected chi connectivity index (χ2v) is 6.67. The second-order valence-electron chi connectivity index (χ2n) is 5.75. The molecule has 0 spiro atoms. The molecule has 25 heavy (non-hydrogen) atoms. The van der Waals surface area contributed by atoms with Crippen LogP contribution in [0.25, 0.3) is 0 Å². The lowest BCUT2D eigenvalue weighted by atomic mass is 10.2. The quantitative estimate of drug-likeness (QED) is 0.363. The lowest BCUT2D eigenvalue weighted by Crippen LogP contribution is -2.11. The van der Waals surface area contributed by atoms with E-state index < -0.39 is 5.97 Å². The normalized spacial score (nSPS) is 10.4. The molecule has 0 fully saturated rings. The molecule has 1 rings (SSSR count). The van der Waals surface area contributed by atoms with Gasteiger partial charge in [-0.2, -0.15) is 0 Å². The molecular formula is C19H27BrO5. The van der Waals surface area contributed by atoms with E-state index >= 15 is 0 Å². The first kappa shape index (κ1) is 21.5. The zero-order valence-corrected chi connectivity index (χ0v) is 16.6. The highest BCUT2D eigenvalue weighted by molar-refractivity contribution is 9.10. The number of methoxy groups -OCH3 is 1. The first-order valence-electron chi connectivity index (χ1n) is 8.70. The molecule has 1 aromatic rings. The van der Waals surface area contributed by atoms with Crippen LogP contribution >= 0.6 is 15.9 Å². The summed E-state index contributed by atoms with van der Waals surface area (Å²) < 4.78 is 16.4. The summed E-state index contributed by atoms with van der Waals surface area (Å²) >= 11 is 3.37. The summed E-state index contributed by atoms with van der Waals surface area (Å²) in [5, 5.41) is 0. The smallest absolute Gasteiger partial charge is 0.306 e. The van der Waals surface area contributed by atoms with E-state index in [4.69, 9.17) is 14.2 Å². The molecule has 0 radical (unpaired) electrons. The van der Waals surface area contributed by atoms with Gasteiger partial charge in [0.1, 0.15) is 12.4 Å². The molecule has 0 amide bonds. The van der Waals surface area contributed by atoms with E-state index in [-0.39, 0.29) is 25.4 Å². The number of hydrogen-bond donors (Lipinski definition) is 0. The molecule has 1 aromatic carbocycles. The van der Waals surface area contributed by atoms with Crippen LogP contribution in [0.15, 0.2) is 22.7 Å². The standard InChI is InChI=1S/C19H27BrO5/c1-3-4-5-6-7-12-24-18(21)10-11-19(22)25-14-15-13-16(20)8-9-17(15)23-2/h8-9,13H,3-7,10-12,14H2,1-2H3. The molecule has 0 N–H and O–H groups in total. The maximum atomic E-state index is 11.8. The van der Waals surface area contributed by atoms with Crippen molar-refractivity contribution < 1.29 is 23.8 Å². The van der Waals surface area contributed by atoms with Crippen molar-refractivity contribution in [3.63, 3.8) is 0 Å². The second kappa shape index (κ2) is 12.8. The van der Waals surface area contributed by atoms with E-state index in [0.717, 1.165) is 22.9 Å². The fourth-order valence-corrected chi connectivity index (χ4v) is 2.67. The van der Waals surface area contributed by atoms with Gasteiger partial charge in [-0.3, -0.25) is 9.59 Å². The van der Waals surface area contributed by atoms with Crippen molar-refractivity contribution in [2.45, 2.75) is 58.5 Å². The summed E-state index contributed by atoms with van der Waals surface area (Å²) in [6.45, 7) is 2.69. The van der Waals surface area contributed by atoms with Crippen LogP contribution < -0.4 is 4.74 Å². The summed E-state index contributed by atoms with van der Waals surface area (Å²) in [5.41, 5.74) is 0.764. The number of carbonyl (C=O) groups excluding carboxylic acids is 2. The predicted molar refractivity (Wildman–Crippen MR) is 99.4 cm³/mol. The van der Waals surface area contributed by atoms with Gasteiger partial charge < -0.3 is 14.2 Å². The maximum absolute atomic E-state index is 11.8. The number of rotatable bonds is 12. The topological polar surface area (TPSA) is 61.8 Å². The molecule has 0 aliphatic heterocycles. The third kappa shape index (κ3) is 9.48. The van der Waals surface area contributed by atoms with Crippen LogP contribution in [0, 0.1) is 0 Å². The first-order valence-corrected chi connectivity index (χ1v) is 9.49. The number of ether oxygens (including phenoxy) is 3. The van der Waals surface area contributed by atoms with Crippen LogP contribution in [0.3, 0.4) is 0 Å². The molecule has 0 saturated heterocycles. The van der Waals surface area contributed by atoms with Crippen molar-refractivity contribution in [2.24, 2.45) is 0 Å². The van der Waals surface area contributed by atoms with E-state index in [1.54, 1.807) is 13.2 Å². The van der Waals surface area contributed by atoms with Gasteiger partial charge in [-0.15, -0.1) is 0 Å². The average molecular weight is 415 g/mol. The monoisotopic (exact) mass is 414 g/mol. The third-order valence-corrected chi connectivity index (χ3v) is 4.17. The first-order chi connectivity index (χ1) is 12.1. The van der Waals surface area contributed by atoms with E-state index in [9.17, 15) is 9.59 Å². The van der Waals surface area contributed by atoms with Crippen LogP contribution in [0.4, 0.5) is 0 Å². The third-order valence-electron chi connectivity index (χ3n) is 3.68. The summed E-state index contributed by atoms with van der Waals surface area (Å²) in [6, 6.07) is 5.48. The van der Waals surface area contributed by atoms with Crippen LogP contribution in [0.5, 0.6) is 5.75 Å². The van der Waals surface area contributed by atoms with Gasteiger partial charge in [0, 0.05) is 10.0 Å². The van der Waals surface area contributed by atoms with E-state index in [2.05, 4.69) is 22.9 Å². The number of unbranched alkanes of at least 4 members (excludes halogenated alkanes) is 4. The Bertz CT molecular complexity index is 545. The van der Waals surface area contributed by atoms with Gasteiger partial charge in [-0.1, -0.05) is 48.5 Å². The Balaban J connectivity index is 2.20. The Morgan fingerprint density at radius 1 is 1.00 bits per heavy atom. The molecule has 0 heterocycles. The molecule has 6 heteroatoms. The van der Waals surface area contributed by atoms with Crippen molar-refractivity contribution >= 4 is 27.9 Å². The maximum Gasteiger partial charge on any atom is 0.306 e. The molecule has 0 aromatic heterocycles. The van der Waals surface area contributed by atoms with Crippen molar-refractivity contribution in [2.75, 3.05) is 13.7 Å². The predicted octanol–water partition coefficient (Wildman–Crippen LogP) is 4.79. The number of carbonyl (C=O) groups is 2. The molecule has 140 valence electrons. The van der Waals surface area contributed by atoms with Crippen LogP contribution in [0.2, 0.25) is 0 Å². The van der Waals surface area contributed by atoms with Crippen molar-refractivity contribution in [1.82, 2.24) is 0 Å². The SMILES string of the molecule is CCCCCCCOC(=O)CCC(=O)OCc1cc(Br)ccc1OC. The summed E-state index contributed by atoms with van der Waals surface area (Å²) in [7, 11) is 1.56. The summed E-state index contributed by atoms with van der Waals surface area (Å²) in [6.07, 6.45) is 5.57. The fraction of sp³-hybridized carbons (Fsp3) is 0.579. The van der Waals surface area contributed by atoms with Crippen molar-refractivity contribution in [3.05, 3.63) is 28.2 Å². The Hall–Kier alpha value is -1.56. The summed E-state index contributed by atoms with van der Waals surface area (Å²) in [5.74, 6) is -0.132. The van der Waals surface area contributed by atoms with Gasteiger partial charge >= 0.3 is 11.9 Å². The largest absolute Gasteiger partial charge is 0.496 e. The zero-order chi connectivity index (χ0) is 18.5. The molecule has 0 aliphatic carbocycles. The molecule has 0 aliphatic rings. The van der Waals surface area contributed by atoms with E-state index in [1.165, 1.54) is 19.3 Å². The number of benzene rings is 1. The highest BCUT2D eigenvalue weighted by Gasteiger charge is 2.11. The molecule has 0 bridgehead atoms. The Morgan fingerprint density at radius 3 is 2.36 bits per heavy atom. The van der Waals surface area contributed by atoms with Gasteiger partial charge in [0.15, 0.2) is 0 Å². The number of hydrogen-bond acceptors (Lipinski definition) is 5. The summed E-state index contributed by atoms with van der Waals surface area (Å²) in [4.78, 5) is 23.4. The lowest BCUT2D eigenvalue weighted by molar-refractivity contribution is -0.151. The number of esters is 2. The Kier molecular flexibility index (Phi) is 11.0. The molecule has 0 atom stereocenters. The minimum atomic E-state index is -0.429. The van der Waals surface area contributed by atoms with Gasteiger partial charge in [-0.25, -0.2) is 0 Å². The zero-order valence-electron chi connectivity index (χ0n) is 15.0. The molecular weight excluding hydrogens is 388 g/mol. The minimum Gasteiger partial charge on any atom is -0.496 e. The van der Waals surface area contributed by atoms with Gasteiger partial charge in [0.05, 0.1) is 26.6 Å². The van der Waals surface area contributed by atoms with Gasteiger partial charge in [0.25, 0.3) is 0 Å². The molecule has 0 saturated carbocycles. The highest BCUT2D eigenvalue weighted by Crippen LogP contribution is 2.23. The molecule has 0 unspecified atom stereocenters. The van der Waals surface area contributed by atoms with Crippen LogP contribution in [-0.4, -0.2) is 25.7 Å². The fourth-order valence-electron chi connectivity index (χ4n) is 2.26. The Morgan fingerprint density at radius 2 is 1.68 bits per heavy atom. The number of halogens is 1. The minimum absolute atomic E-state index is 0.0188. The van der Waals surface area contributed by atoms with Crippen LogP contribution in [0.1, 0.15) is 57.4 Å². The van der Waals surface area contributed by atoms with Crippen molar-refractivity contribution in [3.8, 4) is 5.75 Å². The van der Waals surface area contributed by atoms with Crippen LogP contribution in [-0.2, 0) is 25.7 Å². The van der Waals surface area contributed by atoms with Gasteiger partial charge in [-0.05, 0) is 24.6 Å². The average Bonchev–Trinajstić information content (AvgIpc) is 2.61. The van der Waals surface area contributed by atoms with E-state index in [0.29, 0.717) is 12.4 Å².